The lowest BCUT2D eigenvalue weighted by Gasteiger charge is -2.13. The normalized spacial score (nSPS) is 11.4. The molecule has 0 fully saturated rings. The summed E-state index contributed by atoms with van der Waals surface area (Å²) in [6, 6.07) is 12.6. The molecule has 0 radical (unpaired) electrons. The number of nitrogens with one attached hydrogen (secondary N) is 2. The van der Waals surface area contributed by atoms with Gasteiger partial charge in [-0.2, -0.15) is 0 Å². The highest BCUT2D eigenvalue weighted by Crippen LogP contribution is 2.11. The van der Waals surface area contributed by atoms with Gasteiger partial charge in [-0.3, -0.25) is 14.6 Å². The largest absolute Gasteiger partial charge is 0.341 e. The monoisotopic (exact) mass is 269 g/mol. The van der Waals surface area contributed by atoms with Gasteiger partial charge in [0.1, 0.15) is 0 Å². The van der Waals surface area contributed by atoms with Crippen LogP contribution in [0.4, 0.5) is 5.69 Å². The van der Waals surface area contributed by atoms with Crippen molar-refractivity contribution >= 4 is 17.5 Å². The fraction of sp³-hybridized carbons (Fsp3) is 0.133. The second-order valence-corrected chi connectivity index (χ2v) is 4.30. The third-order valence-electron chi connectivity index (χ3n) is 2.77. The first-order chi connectivity index (χ1) is 9.66. The average Bonchev–Trinajstić information content (AvgIpc) is 2.49. The molecule has 2 amide bonds. The van der Waals surface area contributed by atoms with Crippen LogP contribution in [0.5, 0.6) is 0 Å². The Hall–Kier alpha value is -2.69. The van der Waals surface area contributed by atoms with Gasteiger partial charge in [-0.15, -0.1) is 0 Å². The fourth-order valence-electron chi connectivity index (χ4n) is 1.71. The van der Waals surface area contributed by atoms with E-state index in [2.05, 4.69) is 15.6 Å². The van der Waals surface area contributed by atoms with Crippen molar-refractivity contribution in [2.24, 2.45) is 0 Å². The second kappa shape index (κ2) is 6.47. The van der Waals surface area contributed by atoms with Gasteiger partial charge in [-0.1, -0.05) is 30.3 Å². The third-order valence-corrected chi connectivity index (χ3v) is 2.77. The van der Waals surface area contributed by atoms with E-state index in [1.807, 2.05) is 37.3 Å². The fourth-order valence-corrected chi connectivity index (χ4v) is 1.71. The van der Waals surface area contributed by atoms with E-state index in [1.165, 1.54) is 6.20 Å². The molecular formula is C15H15N3O2. The molecular weight excluding hydrogens is 254 g/mol. The van der Waals surface area contributed by atoms with Gasteiger partial charge in [-0.05, 0) is 24.6 Å². The maximum atomic E-state index is 11.8. The Labute approximate surface area is 117 Å². The molecule has 1 aromatic heterocycles. The molecule has 0 aliphatic carbocycles. The summed E-state index contributed by atoms with van der Waals surface area (Å²) in [4.78, 5) is 27.4. The lowest BCUT2D eigenvalue weighted by molar-refractivity contribution is -0.136. The van der Waals surface area contributed by atoms with Crippen LogP contribution in [-0.2, 0) is 9.59 Å². The van der Waals surface area contributed by atoms with E-state index >= 15 is 0 Å². The van der Waals surface area contributed by atoms with E-state index < -0.39 is 11.8 Å². The van der Waals surface area contributed by atoms with Crippen LogP contribution in [0.2, 0.25) is 0 Å². The number of carbonyl (C=O) groups excluding carboxylic acids is 2. The standard InChI is InChI=1S/C15H15N3O2/c1-11(12-6-3-2-4-7-12)17-14(19)15(20)18-13-8-5-9-16-10-13/h2-11H,1H3,(H,17,19)(H,18,20)/t11-/m1/s1. The first-order valence-electron chi connectivity index (χ1n) is 6.23. The smallest absolute Gasteiger partial charge is 0.313 e. The summed E-state index contributed by atoms with van der Waals surface area (Å²) in [6.45, 7) is 1.82. The molecule has 5 nitrogen and oxygen atoms in total. The summed E-state index contributed by atoms with van der Waals surface area (Å²) in [6.07, 6.45) is 3.07. The van der Waals surface area contributed by atoms with Crippen LogP contribution in [-0.4, -0.2) is 16.8 Å². The van der Waals surface area contributed by atoms with Crippen LogP contribution in [0.25, 0.3) is 0 Å². The van der Waals surface area contributed by atoms with Gasteiger partial charge < -0.3 is 10.6 Å². The number of nitrogens with zero attached hydrogens (tertiary/aromatic N) is 1. The van der Waals surface area contributed by atoms with Crippen LogP contribution in [0.3, 0.4) is 0 Å². The zero-order valence-electron chi connectivity index (χ0n) is 11.0. The van der Waals surface area contributed by atoms with E-state index in [-0.39, 0.29) is 6.04 Å². The predicted molar refractivity (Wildman–Crippen MR) is 75.9 cm³/mol. The van der Waals surface area contributed by atoms with Crippen molar-refractivity contribution < 1.29 is 9.59 Å². The number of aromatic nitrogens is 1. The Morgan fingerprint density at radius 1 is 1.05 bits per heavy atom. The number of amides is 2. The summed E-state index contributed by atoms with van der Waals surface area (Å²) < 4.78 is 0. The topological polar surface area (TPSA) is 71.1 Å². The summed E-state index contributed by atoms with van der Waals surface area (Å²) in [5, 5.41) is 5.13. The van der Waals surface area contributed by atoms with Crippen LogP contribution in [0.15, 0.2) is 54.9 Å². The Balaban J connectivity index is 1.93. The van der Waals surface area contributed by atoms with Crippen LogP contribution in [0, 0.1) is 0 Å². The highest BCUT2D eigenvalue weighted by Gasteiger charge is 2.16. The van der Waals surface area contributed by atoms with Gasteiger partial charge in [0.05, 0.1) is 17.9 Å². The molecule has 1 aromatic carbocycles. The molecule has 0 unspecified atom stereocenters. The quantitative estimate of drug-likeness (QED) is 0.836. The molecule has 0 bridgehead atoms. The van der Waals surface area contributed by atoms with Crippen LogP contribution >= 0.6 is 0 Å². The molecule has 1 heterocycles. The van der Waals surface area contributed by atoms with Gasteiger partial charge >= 0.3 is 11.8 Å². The zero-order chi connectivity index (χ0) is 14.4. The molecule has 0 aliphatic rings. The molecule has 0 saturated heterocycles. The number of hydrogen-bond acceptors (Lipinski definition) is 3. The number of benzene rings is 1. The molecule has 20 heavy (non-hydrogen) atoms. The van der Waals surface area contributed by atoms with Crippen molar-refractivity contribution in [2.75, 3.05) is 5.32 Å². The molecule has 0 aliphatic heterocycles. The second-order valence-electron chi connectivity index (χ2n) is 4.30. The minimum absolute atomic E-state index is 0.233. The van der Waals surface area contributed by atoms with Crippen LogP contribution < -0.4 is 10.6 Å². The van der Waals surface area contributed by atoms with E-state index in [0.29, 0.717) is 5.69 Å². The molecule has 2 rings (SSSR count). The minimum Gasteiger partial charge on any atom is -0.341 e. The van der Waals surface area contributed by atoms with Crippen molar-refractivity contribution in [1.29, 1.82) is 0 Å². The van der Waals surface area contributed by atoms with Crippen molar-refractivity contribution in [3.8, 4) is 0 Å². The van der Waals surface area contributed by atoms with Crippen molar-refractivity contribution in [1.82, 2.24) is 10.3 Å². The van der Waals surface area contributed by atoms with E-state index in [9.17, 15) is 9.59 Å². The SMILES string of the molecule is C[C@@H](NC(=O)C(=O)Nc1cccnc1)c1ccccc1. The van der Waals surface area contributed by atoms with E-state index in [1.54, 1.807) is 18.3 Å². The molecule has 102 valence electrons. The Kier molecular flexibility index (Phi) is 4.44. The van der Waals surface area contributed by atoms with E-state index in [0.717, 1.165) is 5.56 Å². The predicted octanol–water partition coefficient (Wildman–Crippen LogP) is 1.90. The lowest BCUT2D eigenvalue weighted by atomic mass is 10.1. The number of pyridine rings is 1. The van der Waals surface area contributed by atoms with Crippen molar-refractivity contribution in [2.45, 2.75) is 13.0 Å². The van der Waals surface area contributed by atoms with Gasteiger partial charge in [0.2, 0.25) is 0 Å². The Morgan fingerprint density at radius 2 is 1.80 bits per heavy atom. The van der Waals surface area contributed by atoms with Gasteiger partial charge in [0.15, 0.2) is 0 Å². The number of rotatable bonds is 3. The highest BCUT2D eigenvalue weighted by atomic mass is 16.2. The van der Waals surface area contributed by atoms with Gasteiger partial charge in [0.25, 0.3) is 0 Å². The number of carbonyl (C=O) groups is 2. The molecule has 0 spiro atoms. The Morgan fingerprint density at radius 3 is 2.45 bits per heavy atom. The maximum absolute atomic E-state index is 11.8. The molecule has 2 aromatic rings. The average molecular weight is 269 g/mol. The first kappa shape index (κ1) is 13.7. The van der Waals surface area contributed by atoms with Crippen molar-refractivity contribution in [3.63, 3.8) is 0 Å². The summed E-state index contributed by atoms with van der Waals surface area (Å²) in [7, 11) is 0. The summed E-state index contributed by atoms with van der Waals surface area (Å²) >= 11 is 0. The third kappa shape index (κ3) is 3.65. The lowest BCUT2D eigenvalue weighted by Crippen LogP contribution is -2.36. The molecule has 5 heteroatoms. The summed E-state index contributed by atoms with van der Waals surface area (Å²) in [5.41, 5.74) is 1.43. The molecule has 2 N–H and O–H groups in total. The zero-order valence-corrected chi connectivity index (χ0v) is 11.0. The first-order valence-corrected chi connectivity index (χ1v) is 6.23. The minimum atomic E-state index is -0.708. The number of anilines is 1. The molecule has 0 saturated carbocycles. The Bertz CT molecular complexity index is 585. The van der Waals surface area contributed by atoms with Crippen LogP contribution in [0.1, 0.15) is 18.5 Å². The molecule has 1 atom stereocenters. The maximum Gasteiger partial charge on any atom is 0.313 e. The summed E-state index contributed by atoms with van der Waals surface area (Å²) in [5.74, 6) is -1.38. The van der Waals surface area contributed by atoms with Gasteiger partial charge in [0, 0.05) is 6.20 Å². The van der Waals surface area contributed by atoms with Crippen molar-refractivity contribution in [3.05, 3.63) is 60.4 Å². The number of hydrogen-bond donors (Lipinski definition) is 2. The highest BCUT2D eigenvalue weighted by molar-refractivity contribution is 6.39. The van der Waals surface area contributed by atoms with Gasteiger partial charge in [-0.25, -0.2) is 0 Å². The van der Waals surface area contributed by atoms with E-state index in [4.69, 9.17) is 0 Å².